The van der Waals surface area contributed by atoms with E-state index in [1.165, 1.54) is 19.2 Å². The van der Waals surface area contributed by atoms with E-state index in [2.05, 4.69) is 9.97 Å². The van der Waals surface area contributed by atoms with Crippen LogP contribution in [0.5, 0.6) is 0 Å². The summed E-state index contributed by atoms with van der Waals surface area (Å²) >= 11 is 0. The summed E-state index contributed by atoms with van der Waals surface area (Å²) in [6, 6.07) is 5.71. The van der Waals surface area contributed by atoms with Crippen molar-refractivity contribution < 1.29 is 37.3 Å². The molecule has 1 aliphatic rings. The average molecular weight is 552 g/mol. The first-order valence-corrected chi connectivity index (χ1v) is 14.2. The molecule has 0 radical (unpaired) electrons. The topological polar surface area (TPSA) is 139 Å². The first-order valence-electron chi connectivity index (χ1n) is 12.3. The zero-order chi connectivity index (χ0) is 28.0. The molecule has 38 heavy (non-hydrogen) atoms. The Balaban J connectivity index is 2.08. The Morgan fingerprint density at radius 1 is 1.24 bits per heavy atom. The third-order valence-electron chi connectivity index (χ3n) is 6.05. The second kappa shape index (κ2) is 12.7. The predicted octanol–water partition coefficient (Wildman–Crippen LogP) is 3.56. The highest BCUT2D eigenvalue weighted by molar-refractivity contribution is 7.92. The van der Waals surface area contributed by atoms with Gasteiger partial charge in [0.25, 0.3) is 0 Å². The van der Waals surface area contributed by atoms with Crippen LogP contribution in [0.2, 0.25) is 0 Å². The molecule has 0 spiro atoms. The number of sulfonamides is 1. The number of benzene rings is 1. The molecule has 1 aromatic carbocycles. The molecule has 1 aromatic heterocycles. The largest absolute Gasteiger partial charge is 0.481 e. The third kappa shape index (κ3) is 7.79. The van der Waals surface area contributed by atoms with Crippen LogP contribution in [0.3, 0.4) is 0 Å². The molecule has 2 N–H and O–H groups in total. The minimum absolute atomic E-state index is 0.0134. The van der Waals surface area contributed by atoms with Crippen LogP contribution in [0.1, 0.15) is 56.7 Å². The van der Waals surface area contributed by atoms with E-state index in [9.17, 15) is 27.8 Å². The van der Waals surface area contributed by atoms with Crippen LogP contribution in [0.4, 0.5) is 10.3 Å². The van der Waals surface area contributed by atoms with Gasteiger partial charge in [0.1, 0.15) is 5.82 Å². The number of anilines is 1. The highest BCUT2D eigenvalue weighted by atomic mass is 32.2. The van der Waals surface area contributed by atoms with Crippen LogP contribution >= 0.6 is 0 Å². The fourth-order valence-corrected chi connectivity index (χ4v) is 4.43. The van der Waals surface area contributed by atoms with Gasteiger partial charge in [0.05, 0.1) is 36.3 Å². The van der Waals surface area contributed by atoms with Crippen molar-refractivity contribution in [2.24, 2.45) is 0 Å². The molecule has 12 heteroatoms. The van der Waals surface area contributed by atoms with Crippen LogP contribution in [0.25, 0.3) is 17.3 Å². The van der Waals surface area contributed by atoms with E-state index in [1.807, 2.05) is 13.8 Å². The zero-order valence-corrected chi connectivity index (χ0v) is 22.7. The standard InChI is InChI=1S/C26H34FN3O7S/c1-16(2)24-21(12-11-19-14-20(15-22(32)33)37-23(36-19)6-5-13-31)25(17-7-9-18(27)10-8-17)29-26(28-24)30(3)38(4,34)35/h7-12,16,19-20,23,31H,5-6,13-15H2,1-4H3,(H,32,33)/b12-11+/t19-,20-,23?/m1/s1. The zero-order valence-electron chi connectivity index (χ0n) is 21.9. The second-order valence-corrected chi connectivity index (χ2v) is 11.5. The summed E-state index contributed by atoms with van der Waals surface area (Å²) in [4.78, 5) is 20.4. The number of nitrogens with zero attached hydrogens (tertiary/aromatic N) is 3. The van der Waals surface area contributed by atoms with Gasteiger partial charge in [0, 0.05) is 37.6 Å². The molecular weight excluding hydrogens is 517 g/mol. The molecule has 0 bridgehead atoms. The Morgan fingerprint density at radius 3 is 2.50 bits per heavy atom. The molecule has 2 heterocycles. The van der Waals surface area contributed by atoms with Gasteiger partial charge in [-0.1, -0.05) is 26.0 Å². The van der Waals surface area contributed by atoms with Crippen molar-refractivity contribution in [2.45, 2.75) is 63.9 Å². The summed E-state index contributed by atoms with van der Waals surface area (Å²) in [7, 11) is -2.28. The molecule has 1 saturated heterocycles. The lowest BCUT2D eigenvalue weighted by Crippen LogP contribution is -2.38. The van der Waals surface area contributed by atoms with E-state index in [0.29, 0.717) is 41.8 Å². The number of hydrogen-bond acceptors (Lipinski definition) is 8. The quantitative estimate of drug-likeness (QED) is 0.429. The van der Waals surface area contributed by atoms with Gasteiger partial charge in [-0.05, 0) is 36.6 Å². The van der Waals surface area contributed by atoms with Gasteiger partial charge < -0.3 is 19.7 Å². The minimum atomic E-state index is -3.65. The van der Waals surface area contributed by atoms with Crippen molar-refractivity contribution >= 4 is 28.0 Å². The van der Waals surface area contributed by atoms with Crippen LogP contribution < -0.4 is 4.31 Å². The Hall–Kier alpha value is -2.93. The molecule has 0 saturated carbocycles. The summed E-state index contributed by atoms with van der Waals surface area (Å²) in [5.41, 5.74) is 2.16. The number of ether oxygens (including phenoxy) is 2. The van der Waals surface area contributed by atoms with E-state index in [0.717, 1.165) is 10.6 Å². The molecule has 3 atom stereocenters. The van der Waals surface area contributed by atoms with Crippen molar-refractivity contribution in [3.8, 4) is 11.3 Å². The van der Waals surface area contributed by atoms with Gasteiger partial charge in [-0.3, -0.25) is 4.79 Å². The maximum Gasteiger partial charge on any atom is 0.305 e. The van der Waals surface area contributed by atoms with E-state index in [4.69, 9.17) is 9.47 Å². The van der Waals surface area contributed by atoms with Gasteiger partial charge >= 0.3 is 5.97 Å². The number of rotatable bonds is 11. The number of aromatic nitrogens is 2. The number of halogens is 1. The summed E-state index contributed by atoms with van der Waals surface area (Å²) < 4.78 is 50.9. The monoisotopic (exact) mass is 551 g/mol. The Bertz CT molecular complexity index is 1250. The SMILES string of the molecule is CC(C)c1nc(N(C)S(C)(=O)=O)nc(-c2ccc(F)cc2)c1/C=C/[C@@H]1C[C@H](CC(=O)O)OC(CCCO)O1. The predicted molar refractivity (Wildman–Crippen MR) is 141 cm³/mol. The third-order valence-corrected chi connectivity index (χ3v) is 7.21. The van der Waals surface area contributed by atoms with Crippen LogP contribution in [-0.2, 0) is 24.3 Å². The summed E-state index contributed by atoms with van der Waals surface area (Å²) in [6.45, 7) is 3.78. The van der Waals surface area contributed by atoms with Gasteiger partial charge in [-0.15, -0.1) is 0 Å². The van der Waals surface area contributed by atoms with Gasteiger partial charge in [0.15, 0.2) is 6.29 Å². The normalized spacial score (nSPS) is 20.2. The first-order chi connectivity index (χ1) is 17.9. The molecular formula is C26H34FN3O7S. The van der Waals surface area contributed by atoms with Crippen LogP contribution in [0.15, 0.2) is 30.3 Å². The highest BCUT2D eigenvalue weighted by Gasteiger charge is 2.30. The number of aliphatic carboxylic acids is 1. The number of hydrogen-bond donors (Lipinski definition) is 2. The molecule has 10 nitrogen and oxygen atoms in total. The number of carboxylic acids is 1. The maximum atomic E-state index is 13.7. The lowest BCUT2D eigenvalue weighted by molar-refractivity contribution is -0.236. The number of aliphatic hydroxyl groups is 1. The van der Waals surface area contributed by atoms with Crippen molar-refractivity contribution in [3.05, 3.63) is 47.4 Å². The van der Waals surface area contributed by atoms with E-state index < -0.39 is 40.3 Å². The molecule has 208 valence electrons. The van der Waals surface area contributed by atoms with Crippen LogP contribution in [0, 0.1) is 5.82 Å². The van der Waals surface area contributed by atoms with Crippen LogP contribution in [-0.4, -0.2) is 73.0 Å². The molecule has 1 fully saturated rings. The summed E-state index contributed by atoms with van der Waals surface area (Å²) in [5, 5.41) is 18.4. The molecule has 2 aromatic rings. The molecule has 0 amide bonds. The molecule has 1 aliphatic heterocycles. The van der Waals surface area contributed by atoms with Gasteiger partial charge in [-0.25, -0.2) is 27.1 Å². The Morgan fingerprint density at radius 2 is 1.92 bits per heavy atom. The first kappa shape index (κ1) is 29.6. The van der Waals surface area contributed by atoms with Crippen molar-refractivity contribution in [1.29, 1.82) is 0 Å². The number of aliphatic hydroxyl groups excluding tert-OH is 1. The highest BCUT2D eigenvalue weighted by Crippen LogP contribution is 2.33. The number of carbonyl (C=O) groups is 1. The van der Waals surface area contributed by atoms with Crippen molar-refractivity contribution in [1.82, 2.24) is 9.97 Å². The fraction of sp³-hybridized carbons (Fsp3) is 0.500. The van der Waals surface area contributed by atoms with Gasteiger partial charge in [-0.2, -0.15) is 0 Å². The minimum Gasteiger partial charge on any atom is -0.481 e. The summed E-state index contributed by atoms with van der Waals surface area (Å²) in [6.07, 6.45) is 3.85. The van der Waals surface area contributed by atoms with Crippen molar-refractivity contribution in [2.75, 3.05) is 24.2 Å². The molecule has 0 aliphatic carbocycles. The Labute approximate surface area is 222 Å². The average Bonchev–Trinajstić information content (AvgIpc) is 2.84. The number of carboxylic acid groups (broad SMARTS) is 1. The van der Waals surface area contributed by atoms with Crippen molar-refractivity contribution in [3.63, 3.8) is 0 Å². The maximum absolute atomic E-state index is 13.7. The molecule has 3 rings (SSSR count). The Kier molecular flexibility index (Phi) is 9.94. The van der Waals surface area contributed by atoms with E-state index in [-0.39, 0.29) is 24.9 Å². The fourth-order valence-electron chi connectivity index (χ4n) is 4.06. The lowest BCUT2D eigenvalue weighted by Gasteiger charge is -2.34. The smallest absolute Gasteiger partial charge is 0.305 e. The second-order valence-electron chi connectivity index (χ2n) is 9.48. The lowest BCUT2D eigenvalue weighted by atomic mass is 9.97. The van der Waals surface area contributed by atoms with Gasteiger partial charge in [0.2, 0.25) is 16.0 Å². The van der Waals surface area contributed by atoms with E-state index in [1.54, 1.807) is 24.3 Å². The molecule has 1 unspecified atom stereocenters. The van der Waals surface area contributed by atoms with E-state index >= 15 is 0 Å². The summed E-state index contributed by atoms with van der Waals surface area (Å²) in [5.74, 6) is -1.55.